The fourth-order valence-corrected chi connectivity index (χ4v) is 2.30. The largest absolute Gasteiger partial charge is 0.376 e. The molecule has 4 heteroatoms. The van der Waals surface area contributed by atoms with Crippen LogP contribution in [0.2, 0.25) is 0 Å². The van der Waals surface area contributed by atoms with Gasteiger partial charge in [0.25, 0.3) is 0 Å². The highest BCUT2D eigenvalue weighted by atomic mass is 16.5. The third-order valence-electron chi connectivity index (χ3n) is 3.33. The Hall–Kier alpha value is -1.13. The summed E-state index contributed by atoms with van der Waals surface area (Å²) in [6, 6.07) is 4.20. The predicted molar refractivity (Wildman–Crippen MR) is 73.9 cm³/mol. The summed E-state index contributed by atoms with van der Waals surface area (Å²) in [7, 11) is 4.03. The molecule has 1 unspecified atom stereocenters. The molecule has 0 aliphatic carbocycles. The molecular weight excluding hydrogens is 226 g/mol. The topological polar surface area (TPSA) is 37.4 Å². The molecule has 0 spiro atoms. The van der Waals surface area contributed by atoms with Gasteiger partial charge < -0.3 is 15.0 Å². The number of hydrogen-bond acceptors (Lipinski definition) is 4. The van der Waals surface area contributed by atoms with Crippen LogP contribution < -0.4 is 10.2 Å². The molecule has 0 aromatic carbocycles. The van der Waals surface area contributed by atoms with Gasteiger partial charge in [-0.1, -0.05) is 6.07 Å². The smallest absolute Gasteiger partial charge is 0.128 e. The number of nitrogens with zero attached hydrogens (tertiary/aromatic N) is 2. The molecule has 0 bridgehead atoms. The third-order valence-corrected chi connectivity index (χ3v) is 3.33. The van der Waals surface area contributed by atoms with E-state index in [-0.39, 0.29) is 0 Å². The second-order valence-corrected chi connectivity index (χ2v) is 4.92. The molecule has 1 saturated heterocycles. The second-order valence-electron chi connectivity index (χ2n) is 4.92. The lowest BCUT2D eigenvalue weighted by molar-refractivity contribution is 0.0215. The number of anilines is 1. The highest BCUT2D eigenvalue weighted by molar-refractivity contribution is 5.38. The first kappa shape index (κ1) is 13.3. The average Bonchev–Trinajstić information content (AvgIpc) is 2.41. The molecular formula is C14H23N3O. The molecule has 18 heavy (non-hydrogen) atoms. The predicted octanol–water partition coefficient (Wildman–Crippen LogP) is 1.81. The van der Waals surface area contributed by atoms with Crippen molar-refractivity contribution in [2.45, 2.75) is 31.9 Å². The van der Waals surface area contributed by atoms with Crippen LogP contribution in [0.3, 0.4) is 0 Å². The Morgan fingerprint density at radius 1 is 1.44 bits per heavy atom. The normalized spacial score (nSPS) is 19.8. The summed E-state index contributed by atoms with van der Waals surface area (Å²) in [5.74, 6) is 1.02. The van der Waals surface area contributed by atoms with Crippen molar-refractivity contribution in [3.8, 4) is 0 Å². The molecule has 2 heterocycles. The third kappa shape index (κ3) is 3.68. The molecule has 1 aliphatic heterocycles. The average molecular weight is 249 g/mol. The Morgan fingerprint density at radius 2 is 2.33 bits per heavy atom. The lowest BCUT2D eigenvalue weighted by atomic mass is 10.1. The van der Waals surface area contributed by atoms with Crippen LogP contribution in [0.5, 0.6) is 0 Å². The minimum atomic E-state index is 0.363. The number of pyridine rings is 1. The summed E-state index contributed by atoms with van der Waals surface area (Å²) in [6.45, 7) is 2.70. The van der Waals surface area contributed by atoms with Crippen molar-refractivity contribution >= 4 is 5.82 Å². The van der Waals surface area contributed by atoms with Crippen molar-refractivity contribution in [1.29, 1.82) is 0 Å². The van der Waals surface area contributed by atoms with E-state index in [1.165, 1.54) is 24.8 Å². The van der Waals surface area contributed by atoms with E-state index >= 15 is 0 Å². The van der Waals surface area contributed by atoms with Crippen LogP contribution in [0.25, 0.3) is 0 Å². The van der Waals surface area contributed by atoms with Crippen LogP contribution >= 0.6 is 0 Å². The first-order chi connectivity index (χ1) is 8.79. The Morgan fingerprint density at radius 3 is 2.94 bits per heavy atom. The molecule has 1 aromatic rings. The van der Waals surface area contributed by atoms with Crippen molar-refractivity contribution in [2.75, 3.05) is 32.1 Å². The highest BCUT2D eigenvalue weighted by Gasteiger charge is 2.16. The van der Waals surface area contributed by atoms with E-state index < -0.39 is 0 Å². The van der Waals surface area contributed by atoms with Crippen molar-refractivity contribution in [3.05, 3.63) is 23.9 Å². The number of nitrogens with one attached hydrogen (secondary N) is 1. The van der Waals surface area contributed by atoms with Crippen LogP contribution in [0.1, 0.15) is 24.8 Å². The molecule has 2 rings (SSSR count). The summed E-state index contributed by atoms with van der Waals surface area (Å²) < 4.78 is 5.75. The first-order valence-electron chi connectivity index (χ1n) is 6.72. The zero-order valence-electron chi connectivity index (χ0n) is 11.4. The molecule has 1 N–H and O–H groups in total. The highest BCUT2D eigenvalue weighted by Crippen LogP contribution is 2.16. The van der Waals surface area contributed by atoms with E-state index in [0.29, 0.717) is 6.10 Å². The molecule has 100 valence electrons. The number of rotatable bonds is 5. The molecule has 1 aromatic heterocycles. The van der Waals surface area contributed by atoms with Crippen LogP contribution in [0.15, 0.2) is 18.3 Å². The Balaban J connectivity index is 1.89. The van der Waals surface area contributed by atoms with Gasteiger partial charge in [0.1, 0.15) is 5.82 Å². The van der Waals surface area contributed by atoms with E-state index in [4.69, 9.17) is 4.74 Å². The van der Waals surface area contributed by atoms with Crippen LogP contribution in [0, 0.1) is 0 Å². The summed E-state index contributed by atoms with van der Waals surface area (Å²) in [6.07, 6.45) is 5.96. The van der Waals surface area contributed by atoms with E-state index in [1.54, 1.807) is 0 Å². The number of ether oxygens (including phenoxy) is 1. The zero-order valence-corrected chi connectivity index (χ0v) is 11.4. The summed E-state index contributed by atoms with van der Waals surface area (Å²) >= 11 is 0. The maximum absolute atomic E-state index is 5.75. The van der Waals surface area contributed by atoms with Gasteiger partial charge in [-0.25, -0.2) is 4.98 Å². The molecule has 1 atom stereocenters. The van der Waals surface area contributed by atoms with Gasteiger partial charge in [-0.3, -0.25) is 0 Å². The van der Waals surface area contributed by atoms with Gasteiger partial charge in [-0.15, -0.1) is 0 Å². The van der Waals surface area contributed by atoms with Crippen molar-refractivity contribution in [3.63, 3.8) is 0 Å². The maximum Gasteiger partial charge on any atom is 0.128 e. The van der Waals surface area contributed by atoms with Gasteiger partial charge in [-0.05, 0) is 37.9 Å². The van der Waals surface area contributed by atoms with Gasteiger partial charge in [0, 0.05) is 32.9 Å². The van der Waals surface area contributed by atoms with E-state index in [0.717, 1.165) is 25.5 Å². The van der Waals surface area contributed by atoms with Crippen molar-refractivity contribution < 1.29 is 4.74 Å². The lowest BCUT2D eigenvalue weighted by Crippen LogP contribution is -2.33. The molecule has 1 fully saturated rings. The molecule has 0 amide bonds. The van der Waals surface area contributed by atoms with Gasteiger partial charge in [0.15, 0.2) is 0 Å². The van der Waals surface area contributed by atoms with Crippen LogP contribution in [0.4, 0.5) is 5.82 Å². The van der Waals surface area contributed by atoms with E-state index in [2.05, 4.69) is 34.4 Å². The fraction of sp³-hybridized carbons (Fsp3) is 0.643. The minimum absolute atomic E-state index is 0.363. The standard InChI is InChI=1S/C14H23N3O/c1-15-9-12-6-7-14(16-10-12)17(2)11-13-5-3-4-8-18-13/h6-7,10,13,15H,3-5,8-9,11H2,1-2H3. The molecule has 1 aliphatic rings. The quantitative estimate of drug-likeness (QED) is 0.863. The SMILES string of the molecule is CNCc1ccc(N(C)CC2CCCCO2)nc1. The van der Waals surface area contributed by atoms with Gasteiger partial charge in [0.05, 0.1) is 6.10 Å². The monoisotopic (exact) mass is 249 g/mol. The van der Waals surface area contributed by atoms with Gasteiger partial charge in [-0.2, -0.15) is 0 Å². The second kappa shape index (κ2) is 6.71. The zero-order chi connectivity index (χ0) is 12.8. The van der Waals surface area contributed by atoms with Gasteiger partial charge >= 0.3 is 0 Å². The first-order valence-corrected chi connectivity index (χ1v) is 6.72. The fourth-order valence-electron chi connectivity index (χ4n) is 2.30. The van der Waals surface area contributed by atoms with Crippen molar-refractivity contribution in [2.24, 2.45) is 0 Å². The van der Waals surface area contributed by atoms with Gasteiger partial charge in [0.2, 0.25) is 0 Å². The van der Waals surface area contributed by atoms with E-state index in [1.807, 2.05) is 13.2 Å². The summed E-state index contributed by atoms with van der Waals surface area (Å²) in [5.41, 5.74) is 1.21. The molecule has 4 nitrogen and oxygen atoms in total. The Kier molecular flexibility index (Phi) is 4.96. The minimum Gasteiger partial charge on any atom is -0.376 e. The van der Waals surface area contributed by atoms with E-state index in [9.17, 15) is 0 Å². The maximum atomic E-state index is 5.75. The summed E-state index contributed by atoms with van der Waals surface area (Å²) in [5, 5.41) is 3.12. The molecule has 0 saturated carbocycles. The number of aromatic nitrogens is 1. The summed E-state index contributed by atoms with van der Waals surface area (Å²) in [4.78, 5) is 6.67. The van der Waals surface area contributed by atoms with Crippen molar-refractivity contribution in [1.82, 2.24) is 10.3 Å². The Bertz CT molecular complexity index is 347. The number of likely N-dealkylation sites (N-methyl/N-ethyl adjacent to an activating group) is 1. The van der Waals surface area contributed by atoms with Crippen LogP contribution in [-0.4, -0.2) is 38.3 Å². The number of hydrogen-bond donors (Lipinski definition) is 1. The lowest BCUT2D eigenvalue weighted by Gasteiger charge is -2.28. The molecule has 0 radical (unpaired) electrons. The Labute approximate surface area is 109 Å². The van der Waals surface area contributed by atoms with Crippen LogP contribution in [-0.2, 0) is 11.3 Å².